The second-order valence-electron chi connectivity index (χ2n) is 8.71. The highest BCUT2D eigenvalue weighted by molar-refractivity contribution is 7.91. The zero-order valence-electron chi connectivity index (χ0n) is 18.3. The number of nitrogens with zero attached hydrogens (tertiary/aromatic N) is 4. The number of piperazine rings is 1. The highest BCUT2D eigenvalue weighted by Crippen LogP contribution is 2.37. The number of H-pyrrole nitrogens is 1. The van der Waals surface area contributed by atoms with Crippen LogP contribution >= 0.6 is 11.3 Å². The molecule has 1 aromatic carbocycles. The summed E-state index contributed by atoms with van der Waals surface area (Å²) in [6.45, 7) is 1.16. The van der Waals surface area contributed by atoms with E-state index >= 15 is 0 Å². The van der Waals surface area contributed by atoms with E-state index in [2.05, 4.69) is 15.1 Å². The van der Waals surface area contributed by atoms with E-state index in [1.54, 1.807) is 16.3 Å². The molecule has 1 N–H and O–H groups in total. The van der Waals surface area contributed by atoms with E-state index in [1.807, 2.05) is 30.3 Å². The first-order valence-corrected chi connectivity index (χ1v) is 13.6. The quantitative estimate of drug-likeness (QED) is 0.450. The molecule has 0 bridgehead atoms. The van der Waals surface area contributed by atoms with Crippen molar-refractivity contribution in [3.63, 3.8) is 0 Å². The predicted octanol–water partition coefficient (Wildman–Crippen LogP) is 3.69. The fourth-order valence-corrected chi connectivity index (χ4v) is 7.09. The SMILES string of the molecule is O=C(c1cc2ccccc2[nH]1)N1CCN(S(=O)(=O)c2cc(-c3noc(C4CCC4)n3)cs2)CC1. The van der Waals surface area contributed by atoms with E-state index in [9.17, 15) is 13.2 Å². The molecular weight excluding hydrogens is 474 g/mol. The van der Waals surface area contributed by atoms with Crippen molar-refractivity contribution in [1.82, 2.24) is 24.3 Å². The summed E-state index contributed by atoms with van der Waals surface area (Å²) in [7, 11) is -3.67. The van der Waals surface area contributed by atoms with Gasteiger partial charge in [0, 0.05) is 53.9 Å². The smallest absolute Gasteiger partial charge is 0.270 e. The Balaban J connectivity index is 1.13. The minimum absolute atomic E-state index is 0.119. The molecule has 34 heavy (non-hydrogen) atoms. The molecule has 4 heterocycles. The first-order valence-electron chi connectivity index (χ1n) is 11.3. The average molecular weight is 498 g/mol. The lowest BCUT2D eigenvalue weighted by molar-refractivity contribution is 0.0693. The summed E-state index contributed by atoms with van der Waals surface area (Å²) < 4.78 is 33.5. The first kappa shape index (κ1) is 21.5. The second kappa shape index (κ2) is 8.33. The molecule has 1 aliphatic heterocycles. The van der Waals surface area contributed by atoms with E-state index in [1.165, 1.54) is 10.7 Å². The van der Waals surface area contributed by atoms with Crippen molar-refractivity contribution in [3.8, 4) is 11.4 Å². The third-order valence-electron chi connectivity index (χ3n) is 6.61. The van der Waals surface area contributed by atoms with Crippen LogP contribution in [0.3, 0.4) is 0 Å². The highest BCUT2D eigenvalue weighted by atomic mass is 32.2. The van der Waals surface area contributed by atoms with Gasteiger partial charge in [0.15, 0.2) is 0 Å². The molecule has 1 saturated carbocycles. The third-order valence-corrected chi connectivity index (χ3v) is 9.92. The van der Waals surface area contributed by atoms with Crippen molar-refractivity contribution in [2.45, 2.75) is 29.4 Å². The van der Waals surface area contributed by atoms with E-state index in [4.69, 9.17) is 4.52 Å². The number of carbonyl (C=O) groups is 1. The molecule has 2 aliphatic rings. The van der Waals surface area contributed by atoms with E-state index in [0.717, 1.165) is 35.1 Å². The number of amides is 1. The molecule has 0 atom stereocenters. The van der Waals surface area contributed by atoms with Crippen LogP contribution in [-0.2, 0) is 10.0 Å². The Kier molecular flexibility index (Phi) is 5.27. The summed E-state index contributed by atoms with van der Waals surface area (Å²) in [5, 5.41) is 6.76. The number of hydrogen-bond acceptors (Lipinski definition) is 7. The monoisotopic (exact) mass is 497 g/mol. The molecule has 6 rings (SSSR count). The van der Waals surface area contributed by atoms with Crippen LogP contribution < -0.4 is 0 Å². The number of hydrogen-bond donors (Lipinski definition) is 1. The molecule has 0 radical (unpaired) electrons. The summed E-state index contributed by atoms with van der Waals surface area (Å²) >= 11 is 1.15. The lowest BCUT2D eigenvalue weighted by Gasteiger charge is -2.33. The average Bonchev–Trinajstić information content (AvgIpc) is 3.56. The number of rotatable bonds is 5. The minimum atomic E-state index is -3.67. The Morgan fingerprint density at radius 3 is 2.65 bits per heavy atom. The van der Waals surface area contributed by atoms with Gasteiger partial charge in [0.2, 0.25) is 11.7 Å². The van der Waals surface area contributed by atoms with Crippen molar-refractivity contribution in [1.29, 1.82) is 0 Å². The zero-order chi connectivity index (χ0) is 23.3. The van der Waals surface area contributed by atoms with E-state index in [0.29, 0.717) is 42.0 Å². The van der Waals surface area contributed by atoms with Crippen LogP contribution in [0.15, 0.2) is 50.5 Å². The Morgan fingerprint density at radius 1 is 1.12 bits per heavy atom. The fourth-order valence-electron chi connectivity index (χ4n) is 4.36. The standard InChI is InChI=1S/C23H23N5O4S2/c29-23(19-12-16-4-1-2-7-18(16)24-19)27-8-10-28(11-9-27)34(30,31)20-13-17(14-33-20)21-25-22(32-26-21)15-5-3-6-15/h1-2,4,7,12-15,24H,3,5-6,8-11H2. The topological polar surface area (TPSA) is 112 Å². The van der Waals surface area contributed by atoms with Crippen LogP contribution in [0.1, 0.15) is 41.6 Å². The van der Waals surface area contributed by atoms with Crippen LogP contribution in [0.25, 0.3) is 22.3 Å². The van der Waals surface area contributed by atoms with Gasteiger partial charge in [-0.1, -0.05) is 29.8 Å². The number of aromatic amines is 1. The largest absolute Gasteiger partial charge is 0.351 e. The van der Waals surface area contributed by atoms with Gasteiger partial charge < -0.3 is 14.4 Å². The van der Waals surface area contributed by atoms with Gasteiger partial charge in [0.25, 0.3) is 15.9 Å². The molecule has 1 aliphatic carbocycles. The Hall–Kier alpha value is -3.02. The van der Waals surface area contributed by atoms with Crippen LogP contribution in [0.4, 0.5) is 0 Å². The minimum Gasteiger partial charge on any atom is -0.351 e. The van der Waals surface area contributed by atoms with E-state index in [-0.39, 0.29) is 23.2 Å². The molecule has 3 aromatic heterocycles. The van der Waals surface area contributed by atoms with Gasteiger partial charge >= 0.3 is 0 Å². The van der Waals surface area contributed by atoms with Crippen LogP contribution in [0, 0.1) is 0 Å². The van der Waals surface area contributed by atoms with Gasteiger partial charge in [-0.3, -0.25) is 4.79 Å². The lowest BCUT2D eigenvalue weighted by atomic mass is 9.85. The summed E-state index contributed by atoms with van der Waals surface area (Å²) in [4.78, 5) is 22.2. The van der Waals surface area contributed by atoms with Crippen LogP contribution in [-0.4, -0.2) is 64.8 Å². The lowest BCUT2D eigenvalue weighted by Crippen LogP contribution is -2.50. The van der Waals surface area contributed by atoms with Gasteiger partial charge in [-0.05, 0) is 31.0 Å². The summed E-state index contributed by atoms with van der Waals surface area (Å²) in [5.41, 5.74) is 2.06. The molecule has 0 unspecified atom stereocenters. The molecule has 4 aromatic rings. The molecular formula is C23H23N5O4S2. The van der Waals surface area contributed by atoms with Gasteiger partial charge in [0.1, 0.15) is 9.90 Å². The van der Waals surface area contributed by atoms with Crippen molar-refractivity contribution in [3.05, 3.63) is 53.4 Å². The molecule has 0 spiro atoms. The number of aromatic nitrogens is 3. The maximum Gasteiger partial charge on any atom is 0.270 e. The molecule has 2 fully saturated rings. The maximum atomic E-state index is 13.2. The van der Waals surface area contributed by atoms with Crippen LogP contribution in [0.5, 0.6) is 0 Å². The molecule has 9 nitrogen and oxygen atoms in total. The van der Waals surface area contributed by atoms with Crippen molar-refractivity contribution >= 4 is 38.2 Å². The number of sulfonamides is 1. The fraction of sp³-hybridized carbons (Fsp3) is 0.348. The Bertz CT molecular complexity index is 1430. The third kappa shape index (κ3) is 3.73. The van der Waals surface area contributed by atoms with Crippen molar-refractivity contribution in [2.75, 3.05) is 26.2 Å². The normalized spacial score (nSPS) is 17.8. The highest BCUT2D eigenvalue weighted by Gasteiger charge is 2.32. The molecule has 176 valence electrons. The predicted molar refractivity (Wildman–Crippen MR) is 127 cm³/mol. The van der Waals surface area contributed by atoms with Gasteiger partial charge in [0.05, 0.1) is 0 Å². The first-order chi connectivity index (χ1) is 16.5. The molecule has 1 amide bonds. The van der Waals surface area contributed by atoms with Gasteiger partial charge in [-0.2, -0.15) is 9.29 Å². The number of carbonyl (C=O) groups excluding carboxylic acids is 1. The summed E-state index contributed by atoms with van der Waals surface area (Å²) in [6, 6.07) is 11.2. The Morgan fingerprint density at radius 2 is 1.91 bits per heavy atom. The van der Waals surface area contributed by atoms with Crippen LogP contribution in [0.2, 0.25) is 0 Å². The molecule has 1 saturated heterocycles. The maximum absolute atomic E-state index is 13.2. The van der Waals surface area contributed by atoms with Gasteiger partial charge in [-0.25, -0.2) is 8.42 Å². The summed E-state index contributed by atoms with van der Waals surface area (Å²) in [6.07, 6.45) is 3.28. The number of para-hydroxylation sites is 1. The number of thiophene rings is 1. The Labute approximate surface area is 200 Å². The number of benzene rings is 1. The van der Waals surface area contributed by atoms with E-state index < -0.39 is 10.0 Å². The van der Waals surface area contributed by atoms with Crippen molar-refractivity contribution < 1.29 is 17.7 Å². The van der Waals surface area contributed by atoms with Crippen molar-refractivity contribution in [2.24, 2.45) is 0 Å². The molecule has 11 heteroatoms. The second-order valence-corrected chi connectivity index (χ2v) is 11.8. The van der Waals surface area contributed by atoms with Gasteiger partial charge in [-0.15, -0.1) is 11.3 Å². The number of fused-ring (bicyclic) bond motifs is 1. The summed E-state index contributed by atoms with van der Waals surface area (Å²) in [5.74, 6) is 1.26. The zero-order valence-corrected chi connectivity index (χ0v) is 19.9. The number of nitrogens with one attached hydrogen (secondary N) is 1.